The predicted octanol–water partition coefficient (Wildman–Crippen LogP) is 2.59. The number of rotatable bonds is 1. The van der Waals surface area contributed by atoms with Crippen LogP contribution in [-0.2, 0) is 4.74 Å². The van der Waals surface area contributed by atoms with Gasteiger partial charge in [0.05, 0.1) is 17.7 Å². The second-order valence-corrected chi connectivity index (χ2v) is 3.54. The van der Waals surface area contributed by atoms with Crippen molar-refractivity contribution in [3.63, 3.8) is 0 Å². The molecule has 13 heavy (non-hydrogen) atoms. The van der Waals surface area contributed by atoms with Crippen LogP contribution in [0, 0.1) is 0 Å². The summed E-state index contributed by atoms with van der Waals surface area (Å²) in [6, 6.07) is 2.65. The van der Waals surface area contributed by atoms with Crippen molar-refractivity contribution in [2.45, 2.75) is 0 Å². The van der Waals surface area contributed by atoms with Crippen LogP contribution in [0.5, 0.6) is 5.75 Å². The standard InChI is InChI=1S/C8H6BrClO3/c1-13-8(12)7-5(9)2-4(11)3-6(7)10/h2-3,11H,1H3. The van der Waals surface area contributed by atoms with E-state index in [1.54, 1.807) is 0 Å². The molecule has 0 heterocycles. The molecule has 0 aliphatic carbocycles. The highest BCUT2D eigenvalue weighted by atomic mass is 79.9. The summed E-state index contributed by atoms with van der Waals surface area (Å²) in [5.74, 6) is -0.554. The Hall–Kier alpha value is -0.740. The van der Waals surface area contributed by atoms with Crippen LogP contribution < -0.4 is 0 Å². The quantitative estimate of drug-likeness (QED) is 0.794. The Kier molecular flexibility index (Phi) is 3.17. The lowest BCUT2D eigenvalue weighted by Gasteiger charge is -2.04. The molecule has 0 amide bonds. The van der Waals surface area contributed by atoms with Gasteiger partial charge < -0.3 is 9.84 Å². The topological polar surface area (TPSA) is 46.5 Å². The maximum Gasteiger partial charge on any atom is 0.340 e. The van der Waals surface area contributed by atoms with Gasteiger partial charge >= 0.3 is 5.97 Å². The average Bonchev–Trinajstić information content (AvgIpc) is 2.02. The zero-order chi connectivity index (χ0) is 10.0. The van der Waals surface area contributed by atoms with Crippen LogP contribution in [0.3, 0.4) is 0 Å². The highest BCUT2D eigenvalue weighted by Gasteiger charge is 2.15. The van der Waals surface area contributed by atoms with Crippen molar-refractivity contribution in [1.29, 1.82) is 0 Å². The Bertz CT molecular complexity index is 328. The summed E-state index contributed by atoms with van der Waals surface area (Å²) in [5, 5.41) is 9.26. The number of halogens is 2. The third-order valence-corrected chi connectivity index (χ3v) is 2.34. The lowest BCUT2D eigenvalue weighted by molar-refractivity contribution is 0.0600. The first kappa shape index (κ1) is 10.3. The molecule has 70 valence electrons. The van der Waals surface area contributed by atoms with E-state index < -0.39 is 5.97 Å². The van der Waals surface area contributed by atoms with E-state index in [4.69, 9.17) is 16.7 Å². The Morgan fingerprint density at radius 2 is 2.23 bits per heavy atom. The van der Waals surface area contributed by atoms with Crippen molar-refractivity contribution in [1.82, 2.24) is 0 Å². The minimum absolute atomic E-state index is 0.00970. The molecule has 0 aliphatic rings. The SMILES string of the molecule is COC(=O)c1c(Cl)cc(O)cc1Br. The number of carbonyl (C=O) groups excluding carboxylic acids is 1. The van der Waals surface area contributed by atoms with Crippen molar-refractivity contribution in [3.8, 4) is 5.75 Å². The molecular weight excluding hydrogens is 259 g/mol. The van der Waals surface area contributed by atoms with E-state index >= 15 is 0 Å². The molecular formula is C8H6BrClO3. The molecule has 0 atom stereocenters. The molecule has 1 aromatic rings. The van der Waals surface area contributed by atoms with Gasteiger partial charge in [-0.3, -0.25) is 0 Å². The third-order valence-electron chi connectivity index (χ3n) is 1.42. The average molecular weight is 265 g/mol. The predicted molar refractivity (Wildman–Crippen MR) is 52.2 cm³/mol. The van der Waals surface area contributed by atoms with Crippen LogP contribution >= 0.6 is 27.5 Å². The summed E-state index contributed by atoms with van der Waals surface area (Å²) >= 11 is 8.81. The minimum Gasteiger partial charge on any atom is -0.508 e. The number of ether oxygens (including phenoxy) is 1. The zero-order valence-corrected chi connectivity index (χ0v) is 9.02. The highest BCUT2D eigenvalue weighted by Crippen LogP contribution is 2.30. The number of hydrogen-bond acceptors (Lipinski definition) is 3. The van der Waals surface area contributed by atoms with E-state index in [-0.39, 0.29) is 16.3 Å². The second kappa shape index (κ2) is 3.98. The van der Waals surface area contributed by atoms with E-state index in [9.17, 15) is 4.79 Å². The molecule has 5 heteroatoms. The van der Waals surface area contributed by atoms with Gasteiger partial charge in [0.1, 0.15) is 5.75 Å². The molecule has 0 radical (unpaired) electrons. The maximum absolute atomic E-state index is 11.1. The van der Waals surface area contributed by atoms with Crippen molar-refractivity contribution >= 4 is 33.5 Å². The Balaban J connectivity index is 3.28. The van der Waals surface area contributed by atoms with Crippen molar-refractivity contribution in [2.75, 3.05) is 7.11 Å². The van der Waals surface area contributed by atoms with Gasteiger partial charge in [-0.1, -0.05) is 11.6 Å². The van der Waals surface area contributed by atoms with Gasteiger partial charge in [-0.05, 0) is 28.1 Å². The number of phenols is 1. The fraction of sp³-hybridized carbons (Fsp3) is 0.125. The van der Waals surface area contributed by atoms with E-state index in [1.165, 1.54) is 19.2 Å². The number of phenolic OH excluding ortho intramolecular Hbond substituents is 1. The maximum atomic E-state index is 11.1. The molecule has 0 fully saturated rings. The third kappa shape index (κ3) is 2.14. The summed E-state index contributed by atoms with van der Waals surface area (Å²) in [6.07, 6.45) is 0. The lowest BCUT2D eigenvalue weighted by atomic mass is 10.2. The first-order valence-electron chi connectivity index (χ1n) is 3.32. The minimum atomic E-state index is -0.545. The van der Waals surface area contributed by atoms with Gasteiger partial charge in [-0.15, -0.1) is 0 Å². The van der Waals surface area contributed by atoms with Crippen LogP contribution in [0.1, 0.15) is 10.4 Å². The molecule has 0 saturated heterocycles. The Labute approximate surface area is 88.4 Å². The number of benzene rings is 1. The highest BCUT2D eigenvalue weighted by molar-refractivity contribution is 9.10. The van der Waals surface area contributed by atoms with Gasteiger partial charge in [0.2, 0.25) is 0 Å². The van der Waals surface area contributed by atoms with Crippen LogP contribution in [0.4, 0.5) is 0 Å². The van der Waals surface area contributed by atoms with Crippen LogP contribution in [-0.4, -0.2) is 18.2 Å². The van der Waals surface area contributed by atoms with E-state index in [0.29, 0.717) is 4.47 Å². The summed E-state index contributed by atoms with van der Waals surface area (Å²) in [5.41, 5.74) is 0.210. The van der Waals surface area contributed by atoms with Crippen LogP contribution in [0.2, 0.25) is 5.02 Å². The zero-order valence-electron chi connectivity index (χ0n) is 6.67. The normalized spacial score (nSPS) is 9.77. The number of methoxy groups -OCH3 is 1. The first-order valence-corrected chi connectivity index (χ1v) is 4.49. The van der Waals surface area contributed by atoms with Gasteiger partial charge in [0.25, 0.3) is 0 Å². The first-order chi connectivity index (χ1) is 6.06. The molecule has 0 saturated carbocycles. The molecule has 3 nitrogen and oxygen atoms in total. The van der Waals surface area contributed by atoms with Crippen molar-refractivity contribution in [3.05, 3.63) is 27.2 Å². The number of aromatic hydroxyl groups is 1. The van der Waals surface area contributed by atoms with Gasteiger partial charge in [-0.25, -0.2) is 4.79 Å². The van der Waals surface area contributed by atoms with E-state index in [2.05, 4.69) is 20.7 Å². The molecule has 1 rings (SSSR count). The smallest absolute Gasteiger partial charge is 0.340 e. The monoisotopic (exact) mass is 264 g/mol. The van der Waals surface area contributed by atoms with E-state index in [0.717, 1.165) is 0 Å². The van der Waals surface area contributed by atoms with Gasteiger partial charge in [0.15, 0.2) is 0 Å². The summed E-state index contributed by atoms with van der Waals surface area (Å²) in [4.78, 5) is 11.1. The largest absolute Gasteiger partial charge is 0.508 e. The van der Waals surface area contributed by atoms with Crippen LogP contribution in [0.15, 0.2) is 16.6 Å². The Morgan fingerprint density at radius 3 is 2.69 bits per heavy atom. The molecule has 0 bridgehead atoms. The fourth-order valence-electron chi connectivity index (χ4n) is 0.857. The molecule has 0 unspecified atom stereocenters. The molecule has 0 aliphatic heterocycles. The van der Waals surface area contributed by atoms with Crippen molar-refractivity contribution in [2.24, 2.45) is 0 Å². The summed E-state index contributed by atoms with van der Waals surface area (Å²) < 4.78 is 4.91. The number of esters is 1. The summed E-state index contributed by atoms with van der Waals surface area (Å²) in [7, 11) is 1.26. The van der Waals surface area contributed by atoms with Crippen LogP contribution in [0.25, 0.3) is 0 Å². The van der Waals surface area contributed by atoms with E-state index in [1.807, 2.05) is 0 Å². The summed E-state index contributed by atoms with van der Waals surface area (Å²) in [6.45, 7) is 0. The second-order valence-electron chi connectivity index (χ2n) is 2.28. The fourth-order valence-corrected chi connectivity index (χ4v) is 1.87. The molecule has 0 aromatic heterocycles. The van der Waals surface area contributed by atoms with Gasteiger partial charge in [-0.2, -0.15) is 0 Å². The molecule has 0 spiro atoms. The number of carbonyl (C=O) groups is 1. The Morgan fingerprint density at radius 1 is 1.62 bits per heavy atom. The van der Waals surface area contributed by atoms with Gasteiger partial charge in [0, 0.05) is 4.47 Å². The molecule has 1 N–H and O–H groups in total. The molecule has 1 aromatic carbocycles. The van der Waals surface area contributed by atoms with Crippen molar-refractivity contribution < 1.29 is 14.6 Å². The lowest BCUT2D eigenvalue weighted by Crippen LogP contribution is -2.03. The number of hydrogen-bond donors (Lipinski definition) is 1.